The Morgan fingerprint density at radius 3 is 2.43 bits per heavy atom. The van der Waals surface area contributed by atoms with Crippen molar-refractivity contribution in [3.63, 3.8) is 0 Å². The molecule has 1 heterocycles. The van der Waals surface area contributed by atoms with Gasteiger partial charge in [-0.25, -0.2) is 0 Å². The summed E-state index contributed by atoms with van der Waals surface area (Å²) < 4.78 is 0. The molecule has 1 atom stereocenters. The molecule has 0 bridgehead atoms. The third kappa shape index (κ3) is 5.38. The summed E-state index contributed by atoms with van der Waals surface area (Å²) in [6.45, 7) is 2.05. The maximum atomic E-state index is 13.6. The molecule has 35 heavy (non-hydrogen) atoms. The molecule has 1 saturated heterocycles. The molecule has 3 aromatic carbocycles. The van der Waals surface area contributed by atoms with Crippen molar-refractivity contribution in [3.8, 4) is 6.07 Å². The fraction of sp³-hybridized carbons (Fsp3) is 0.148. The van der Waals surface area contributed by atoms with E-state index in [4.69, 9.17) is 23.2 Å². The molecule has 8 heteroatoms. The molecule has 0 aliphatic carbocycles. The number of rotatable bonds is 6. The number of nitrogens with one attached hydrogen (secondary N) is 1. The molecule has 0 radical (unpaired) electrons. The highest BCUT2D eigenvalue weighted by Gasteiger charge is 2.41. The van der Waals surface area contributed by atoms with Crippen LogP contribution in [0.1, 0.15) is 18.1 Å². The molecular formula is C27H21Cl2N3O2S. The second kappa shape index (κ2) is 11.0. The molecule has 4 rings (SSSR count). The lowest BCUT2D eigenvalue weighted by atomic mass is 10.1. The van der Waals surface area contributed by atoms with Gasteiger partial charge in [-0.3, -0.25) is 14.5 Å². The quantitative estimate of drug-likeness (QED) is 0.292. The van der Waals surface area contributed by atoms with Gasteiger partial charge in [0.05, 0.1) is 15.3 Å². The van der Waals surface area contributed by atoms with E-state index >= 15 is 0 Å². The summed E-state index contributed by atoms with van der Waals surface area (Å²) in [6.07, 6.45) is 1.15. The van der Waals surface area contributed by atoms with E-state index in [0.717, 1.165) is 17.5 Å². The maximum absolute atomic E-state index is 13.6. The highest BCUT2D eigenvalue weighted by atomic mass is 35.5. The summed E-state index contributed by atoms with van der Waals surface area (Å²) in [5.74, 6) is -0.809. The largest absolute Gasteiger partial charge is 0.321 e. The summed E-state index contributed by atoms with van der Waals surface area (Å²) >= 11 is 13.7. The van der Waals surface area contributed by atoms with Crippen molar-refractivity contribution in [1.29, 1.82) is 5.26 Å². The van der Waals surface area contributed by atoms with Crippen LogP contribution in [0.15, 0.2) is 83.4 Å². The van der Waals surface area contributed by atoms with E-state index in [9.17, 15) is 14.9 Å². The Hall–Kier alpha value is -3.24. The van der Waals surface area contributed by atoms with E-state index in [-0.39, 0.29) is 11.5 Å². The molecule has 0 aromatic heterocycles. The Labute approximate surface area is 218 Å². The first-order chi connectivity index (χ1) is 16.9. The van der Waals surface area contributed by atoms with Gasteiger partial charge in [0.2, 0.25) is 5.91 Å². The Bertz CT molecular complexity index is 1330. The molecule has 0 spiro atoms. The van der Waals surface area contributed by atoms with Crippen LogP contribution in [0, 0.1) is 11.3 Å². The van der Waals surface area contributed by atoms with Gasteiger partial charge < -0.3 is 5.32 Å². The number of para-hydroxylation sites is 1. The zero-order valence-corrected chi connectivity index (χ0v) is 21.1. The van der Waals surface area contributed by atoms with Gasteiger partial charge in [0.15, 0.2) is 0 Å². The SMILES string of the molecule is CCc1ccc(N2C(=O)C(Cc3cccc(Cl)c3Cl)S/C2=C(/C#N)C(=O)Nc2ccccc2)cc1. The number of thioether (sulfide) groups is 1. The first-order valence-electron chi connectivity index (χ1n) is 11.0. The van der Waals surface area contributed by atoms with Crippen molar-refractivity contribution in [2.75, 3.05) is 10.2 Å². The number of nitrogens with zero attached hydrogens (tertiary/aromatic N) is 2. The van der Waals surface area contributed by atoms with E-state index in [1.54, 1.807) is 36.4 Å². The van der Waals surface area contributed by atoms with Crippen molar-refractivity contribution >= 4 is 58.2 Å². The van der Waals surface area contributed by atoms with Gasteiger partial charge in [-0.2, -0.15) is 5.26 Å². The van der Waals surface area contributed by atoms with Crippen LogP contribution in [-0.4, -0.2) is 17.1 Å². The van der Waals surface area contributed by atoms with Crippen LogP contribution in [0.25, 0.3) is 0 Å². The van der Waals surface area contributed by atoms with Crippen LogP contribution in [0.2, 0.25) is 10.0 Å². The molecule has 1 N–H and O–H groups in total. The topological polar surface area (TPSA) is 73.2 Å². The fourth-order valence-electron chi connectivity index (χ4n) is 3.72. The number of carbonyl (C=O) groups excluding carboxylic acids is 2. The number of nitriles is 1. The number of amides is 2. The summed E-state index contributed by atoms with van der Waals surface area (Å²) in [5.41, 5.74) is 2.85. The number of halogens is 2. The fourth-order valence-corrected chi connectivity index (χ4v) is 5.42. The van der Waals surface area contributed by atoms with Gasteiger partial charge >= 0.3 is 0 Å². The number of carbonyl (C=O) groups is 2. The van der Waals surface area contributed by atoms with Crippen molar-refractivity contribution in [2.24, 2.45) is 0 Å². The van der Waals surface area contributed by atoms with Gasteiger partial charge in [-0.05, 0) is 54.3 Å². The molecule has 3 aromatic rings. The van der Waals surface area contributed by atoms with Crippen molar-refractivity contribution < 1.29 is 9.59 Å². The van der Waals surface area contributed by atoms with E-state index in [2.05, 4.69) is 5.32 Å². The zero-order chi connectivity index (χ0) is 24.9. The molecule has 176 valence electrons. The summed E-state index contributed by atoms with van der Waals surface area (Å²) in [4.78, 5) is 28.2. The third-order valence-electron chi connectivity index (χ3n) is 5.58. The zero-order valence-electron chi connectivity index (χ0n) is 18.8. The summed E-state index contributed by atoms with van der Waals surface area (Å²) in [5, 5.41) is 13.2. The second-order valence-electron chi connectivity index (χ2n) is 7.83. The van der Waals surface area contributed by atoms with Crippen molar-refractivity contribution in [2.45, 2.75) is 25.0 Å². The van der Waals surface area contributed by atoms with E-state index in [1.807, 2.05) is 49.4 Å². The average molecular weight is 522 g/mol. The van der Waals surface area contributed by atoms with Crippen molar-refractivity contribution in [3.05, 3.63) is 105 Å². The normalized spacial score (nSPS) is 16.7. The molecule has 2 amide bonds. The third-order valence-corrected chi connectivity index (χ3v) is 7.70. The Balaban J connectivity index is 1.74. The van der Waals surface area contributed by atoms with Crippen LogP contribution < -0.4 is 10.2 Å². The Kier molecular flexibility index (Phi) is 7.82. The lowest BCUT2D eigenvalue weighted by Crippen LogP contribution is -2.31. The monoisotopic (exact) mass is 521 g/mol. The van der Waals surface area contributed by atoms with E-state index in [1.165, 1.54) is 16.7 Å². The molecular weight excluding hydrogens is 501 g/mol. The van der Waals surface area contributed by atoms with E-state index in [0.29, 0.717) is 32.9 Å². The van der Waals surface area contributed by atoms with E-state index < -0.39 is 11.2 Å². The van der Waals surface area contributed by atoms with Crippen LogP contribution in [-0.2, 0) is 22.4 Å². The number of aryl methyl sites for hydroxylation is 1. The maximum Gasteiger partial charge on any atom is 0.269 e. The Morgan fingerprint density at radius 1 is 1.06 bits per heavy atom. The van der Waals surface area contributed by atoms with Crippen LogP contribution in [0.3, 0.4) is 0 Å². The first-order valence-corrected chi connectivity index (χ1v) is 12.6. The van der Waals surface area contributed by atoms with Crippen LogP contribution in [0.5, 0.6) is 0 Å². The minimum atomic E-state index is -0.584. The lowest BCUT2D eigenvalue weighted by Gasteiger charge is -2.19. The lowest BCUT2D eigenvalue weighted by molar-refractivity contribution is -0.117. The standard InChI is InChI=1S/C27H21Cl2N3O2S/c1-2-17-11-13-20(14-12-17)32-26(34)23(15-18-7-6-10-22(28)24(18)29)35-27(32)21(16-30)25(33)31-19-8-4-3-5-9-19/h3-14,23H,2,15H2,1H3,(H,31,33)/b27-21-. The molecule has 1 aliphatic heterocycles. The van der Waals surface area contributed by atoms with Gasteiger partial charge in [0.1, 0.15) is 16.7 Å². The molecule has 0 saturated carbocycles. The minimum Gasteiger partial charge on any atom is -0.321 e. The number of hydrogen-bond donors (Lipinski definition) is 1. The molecule has 1 fully saturated rings. The number of hydrogen-bond acceptors (Lipinski definition) is 4. The summed E-state index contributed by atoms with van der Waals surface area (Å²) in [7, 11) is 0. The van der Waals surface area contributed by atoms with Gasteiger partial charge in [-0.15, -0.1) is 0 Å². The smallest absolute Gasteiger partial charge is 0.269 e. The summed E-state index contributed by atoms with van der Waals surface area (Å²) in [6, 6.07) is 23.7. The Morgan fingerprint density at radius 2 is 1.77 bits per heavy atom. The van der Waals surface area contributed by atoms with Crippen LogP contribution >= 0.6 is 35.0 Å². The van der Waals surface area contributed by atoms with Gasteiger partial charge in [0.25, 0.3) is 5.91 Å². The molecule has 5 nitrogen and oxygen atoms in total. The van der Waals surface area contributed by atoms with Crippen molar-refractivity contribution in [1.82, 2.24) is 0 Å². The van der Waals surface area contributed by atoms with Gasteiger partial charge in [0, 0.05) is 11.4 Å². The minimum absolute atomic E-state index is 0.133. The highest BCUT2D eigenvalue weighted by Crippen LogP contribution is 2.43. The first kappa shape index (κ1) is 24.9. The highest BCUT2D eigenvalue weighted by molar-refractivity contribution is 8.05. The van der Waals surface area contributed by atoms with Crippen LogP contribution in [0.4, 0.5) is 11.4 Å². The predicted molar refractivity (Wildman–Crippen MR) is 143 cm³/mol. The second-order valence-corrected chi connectivity index (χ2v) is 9.81. The number of benzene rings is 3. The average Bonchev–Trinajstić information content (AvgIpc) is 3.18. The molecule has 1 aliphatic rings. The molecule has 1 unspecified atom stereocenters. The predicted octanol–water partition coefficient (Wildman–Crippen LogP) is 6.62. The van der Waals surface area contributed by atoms with Gasteiger partial charge in [-0.1, -0.05) is 84.4 Å². The number of anilines is 2.